The van der Waals surface area contributed by atoms with Crippen molar-refractivity contribution in [1.29, 1.82) is 0 Å². The lowest BCUT2D eigenvalue weighted by atomic mass is 10.3. The number of imide groups is 1. The fraction of sp³-hybridized carbons (Fsp3) is 0.278. The number of urea groups is 1. The molecule has 1 aliphatic heterocycles. The molecule has 0 saturated carbocycles. The van der Waals surface area contributed by atoms with Crippen molar-refractivity contribution >= 4 is 45.0 Å². The molecule has 0 spiro atoms. The molecule has 1 saturated heterocycles. The molecule has 3 rings (SSSR count). The van der Waals surface area contributed by atoms with Gasteiger partial charge in [0.1, 0.15) is 9.96 Å². The van der Waals surface area contributed by atoms with Crippen LogP contribution in [0.15, 0.2) is 46.0 Å². The normalized spacial score (nSPS) is 13.6. The van der Waals surface area contributed by atoms with Gasteiger partial charge in [0, 0.05) is 20.1 Å². The Hall–Kier alpha value is -3.12. The summed E-state index contributed by atoms with van der Waals surface area (Å²) in [7, 11) is -2.20. The second-order valence-electron chi connectivity index (χ2n) is 6.13. The van der Waals surface area contributed by atoms with Gasteiger partial charge in [-0.2, -0.15) is 0 Å². The van der Waals surface area contributed by atoms with Crippen LogP contribution in [-0.2, 0) is 24.3 Å². The maximum atomic E-state index is 12.5. The van der Waals surface area contributed by atoms with Gasteiger partial charge in [-0.3, -0.25) is 14.0 Å². The summed E-state index contributed by atoms with van der Waals surface area (Å²) >= 11 is 1.13. The number of benzene rings is 1. The Morgan fingerprint density at radius 3 is 2.53 bits per heavy atom. The van der Waals surface area contributed by atoms with Gasteiger partial charge in [-0.25, -0.2) is 18.0 Å². The van der Waals surface area contributed by atoms with Crippen LogP contribution in [0.5, 0.6) is 5.75 Å². The summed E-state index contributed by atoms with van der Waals surface area (Å²) in [5, 5.41) is 4.16. The third kappa shape index (κ3) is 4.89. The van der Waals surface area contributed by atoms with Gasteiger partial charge in [0.15, 0.2) is 13.2 Å². The third-order valence-electron chi connectivity index (χ3n) is 4.18. The number of carbonyl (C=O) groups excluding carboxylic acids is 3. The SMILES string of the molecule is CN(c1ccc(OCC(=O)OCC(=O)N2CCNC2=O)cc1)S(=O)(=O)c1cccs1. The number of rotatable bonds is 8. The van der Waals surface area contributed by atoms with Crippen molar-refractivity contribution in [1.82, 2.24) is 10.2 Å². The van der Waals surface area contributed by atoms with E-state index in [1.54, 1.807) is 23.6 Å². The molecule has 2 heterocycles. The van der Waals surface area contributed by atoms with E-state index < -0.39 is 41.1 Å². The first-order valence-corrected chi connectivity index (χ1v) is 11.1. The number of anilines is 1. The van der Waals surface area contributed by atoms with Crippen LogP contribution in [0.1, 0.15) is 0 Å². The standard InChI is InChI=1S/C18H19N3O7S2/c1-20(30(25,26)17-3-2-10-29-17)13-4-6-14(7-5-13)27-12-16(23)28-11-15(22)21-9-8-19-18(21)24/h2-7,10H,8-9,11-12H2,1H3,(H,19,24). The number of ether oxygens (including phenoxy) is 2. The van der Waals surface area contributed by atoms with Crippen LogP contribution in [0, 0.1) is 0 Å². The van der Waals surface area contributed by atoms with Crippen LogP contribution < -0.4 is 14.4 Å². The summed E-state index contributed by atoms with van der Waals surface area (Å²) in [5.41, 5.74) is 0.424. The number of hydrogen-bond donors (Lipinski definition) is 1. The number of sulfonamides is 1. The van der Waals surface area contributed by atoms with E-state index in [-0.39, 0.29) is 10.8 Å². The van der Waals surface area contributed by atoms with Crippen molar-refractivity contribution < 1.29 is 32.3 Å². The highest BCUT2D eigenvalue weighted by molar-refractivity contribution is 7.94. The van der Waals surface area contributed by atoms with Crippen molar-refractivity contribution in [3.63, 3.8) is 0 Å². The maximum absolute atomic E-state index is 12.5. The Balaban J connectivity index is 1.49. The number of amides is 3. The summed E-state index contributed by atoms with van der Waals surface area (Å²) in [4.78, 5) is 35.9. The molecule has 12 heteroatoms. The smallest absolute Gasteiger partial charge is 0.344 e. The average Bonchev–Trinajstić information content (AvgIpc) is 3.42. The Bertz CT molecular complexity index is 1020. The highest BCUT2D eigenvalue weighted by Crippen LogP contribution is 2.26. The van der Waals surface area contributed by atoms with Crippen LogP contribution in [-0.4, -0.2) is 64.6 Å². The van der Waals surface area contributed by atoms with Gasteiger partial charge in [-0.05, 0) is 35.7 Å². The number of nitrogens with zero attached hydrogens (tertiary/aromatic N) is 2. The molecule has 1 N–H and O–H groups in total. The number of thiophene rings is 1. The number of nitrogens with one attached hydrogen (secondary N) is 1. The average molecular weight is 453 g/mol. The fourth-order valence-electron chi connectivity index (χ4n) is 2.55. The third-order valence-corrected chi connectivity index (χ3v) is 7.34. The lowest BCUT2D eigenvalue weighted by Gasteiger charge is -2.18. The molecule has 1 aliphatic rings. The summed E-state index contributed by atoms with van der Waals surface area (Å²) in [6.45, 7) is -0.405. The molecule has 1 aromatic heterocycles. The fourth-order valence-corrected chi connectivity index (χ4v) is 4.91. The first-order chi connectivity index (χ1) is 14.3. The molecule has 160 valence electrons. The van der Waals surface area contributed by atoms with Crippen molar-refractivity contribution in [2.45, 2.75) is 4.21 Å². The van der Waals surface area contributed by atoms with Crippen LogP contribution in [0.2, 0.25) is 0 Å². The van der Waals surface area contributed by atoms with Gasteiger partial charge in [0.05, 0.1) is 5.69 Å². The van der Waals surface area contributed by atoms with E-state index >= 15 is 0 Å². The first-order valence-electron chi connectivity index (χ1n) is 8.78. The molecule has 10 nitrogen and oxygen atoms in total. The number of esters is 1. The Labute approximate surface area is 177 Å². The quantitative estimate of drug-likeness (QED) is 0.593. The van der Waals surface area contributed by atoms with Crippen LogP contribution >= 0.6 is 11.3 Å². The highest BCUT2D eigenvalue weighted by Gasteiger charge is 2.27. The number of hydrogen-bond acceptors (Lipinski definition) is 8. The topological polar surface area (TPSA) is 122 Å². The van der Waals surface area contributed by atoms with Gasteiger partial charge >= 0.3 is 12.0 Å². The van der Waals surface area contributed by atoms with Gasteiger partial charge in [-0.15, -0.1) is 11.3 Å². The zero-order valence-electron chi connectivity index (χ0n) is 15.9. The van der Waals surface area contributed by atoms with Gasteiger partial charge in [0.25, 0.3) is 15.9 Å². The molecule has 3 amide bonds. The summed E-state index contributed by atoms with van der Waals surface area (Å²) in [6.07, 6.45) is 0. The van der Waals surface area contributed by atoms with Crippen molar-refractivity contribution in [2.75, 3.05) is 37.7 Å². The van der Waals surface area contributed by atoms with E-state index in [0.29, 0.717) is 18.0 Å². The Morgan fingerprint density at radius 2 is 1.93 bits per heavy atom. The molecular formula is C18H19N3O7S2. The van der Waals surface area contributed by atoms with Gasteiger partial charge in [0.2, 0.25) is 0 Å². The molecule has 1 fully saturated rings. The molecule has 0 atom stereocenters. The maximum Gasteiger partial charge on any atom is 0.344 e. The van der Waals surface area contributed by atoms with Crippen molar-refractivity contribution in [3.05, 3.63) is 41.8 Å². The van der Waals surface area contributed by atoms with E-state index in [9.17, 15) is 22.8 Å². The second-order valence-corrected chi connectivity index (χ2v) is 9.27. The van der Waals surface area contributed by atoms with Crippen molar-refractivity contribution in [3.8, 4) is 5.75 Å². The molecule has 0 unspecified atom stereocenters. The minimum absolute atomic E-state index is 0.231. The first kappa shape index (κ1) is 21.6. The van der Waals surface area contributed by atoms with Crippen LogP contribution in [0.3, 0.4) is 0 Å². The molecule has 2 aromatic rings. The van der Waals surface area contributed by atoms with Gasteiger partial charge in [-0.1, -0.05) is 6.07 Å². The van der Waals surface area contributed by atoms with E-state index in [2.05, 4.69) is 5.32 Å². The van der Waals surface area contributed by atoms with E-state index in [4.69, 9.17) is 9.47 Å². The molecular weight excluding hydrogens is 434 g/mol. The zero-order chi connectivity index (χ0) is 21.7. The molecule has 0 bridgehead atoms. The van der Waals surface area contributed by atoms with E-state index in [0.717, 1.165) is 20.5 Å². The minimum atomic E-state index is -3.64. The zero-order valence-corrected chi connectivity index (χ0v) is 17.6. The second kappa shape index (κ2) is 9.13. The predicted molar refractivity (Wildman–Crippen MR) is 108 cm³/mol. The predicted octanol–water partition coefficient (Wildman–Crippen LogP) is 1.05. The van der Waals surface area contributed by atoms with E-state index in [1.807, 2.05) is 0 Å². The highest BCUT2D eigenvalue weighted by atomic mass is 32.2. The van der Waals surface area contributed by atoms with Crippen molar-refractivity contribution in [2.24, 2.45) is 0 Å². The molecule has 0 aliphatic carbocycles. The van der Waals surface area contributed by atoms with E-state index in [1.165, 1.54) is 25.2 Å². The molecule has 0 radical (unpaired) electrons. The summed E-state index contributed by atoms with van der Waals surface area (Å²) < 4.78 is 36.5. The lowest BCUT2D eigenvalue weighted by molar-refractivity contribution is -0.152. The Kier molecular flexibility index (Phi) is 6.57. The Morgan fingerprint density at radius 1 is 1.20 bits per heavy atom. The largest absolute Gasteiger partial charge is 0.482 e. The minimum Gasteiger partial charge on any atom is -0.482 e. The lowest BCUT2D eigenvalue weighted by Crippen LogP contribution is -2.37. The van der Waals surface area contributed by atoms with Gasteiger partial charge < -0.3 is 14.8 Å². The molecule has 30 heavy (non-hydrogen) atoms. The van der Waals surface area contributed by atoms with Crippen LogP contribution in [0.25, 0.3) is 0 Å². The van der Waals surface area contributed by atoms with Crippen LogP contribution in [0.4, 0.5) is 10.5 Å². The number of carbonyl (C=O) groups is 3. The molecule has 1 aromatic carbocycles. The summed E-state index contributed by atoms with van der Waals surface area (Å²) in [6, 6.07) is 8.79. The monoisotopic (exact) mass is 453 g/mol. The summed E-state index contributed by atoms with van der Waals surface area (Å²) in [5.74, 6) is -1.06.